The molecule has 3 N–H and O–H groups in total. The van der Waals surface area contributed by atoms with Crippen molar-refractivity contribution in [3.8, 4) is 11.3 Å². The van der Waals surface area contributed by atoms with Gasteiger partial charge in [-0.25, -0.2) is 4.98 Å². The predicted octanol–water partition coefficient (Wildman–Crippen LogP) is 8.28. The molecule has 2 aromatic heterocycles. The van der Waals surface area contributed by atoms with Crippen LogP contribution < -0.4 is 16.0 Å². The molecule has 6 rings (SSSR count). The van der Waals surface area contributed by atoms with Gasteiger partial charge in [0.1, 0.15) is 16.7 Å². The van der Waals surface area contributed by atoms with Gasteiger partial charge in [-0.2, -0.15) is 0 Å². The minimum atomic E-state index is -0.606. The topological polar surface area (TPSA) is 113 Å². The zero-order valence-electron chi connectivity index (χ0n) is 24.8. The number of rotatable bonds is 11. The van der Waals surface area contributed by atoms with Gasteiger partial charge >= 0.3 is 0 Å². The smallest absolute Gasteiger partial charge is 0.272 e. The lowest BCUT2D eigenvalue weighted by Crippen LogP contribution is -2.30. The van der Waals surface area contributed by atoms with E-state index >= 15 is 0 Å². The molecule has 8 nitrogen and oxygen atoms in total. The third-order valence-electron chi connectivity index (χ3n) is 6.85. The molecule has 4 aromatic carbocycles. The van der Waals surface area contributed by atoms with Gasteiger partial charge in [-0.3, -0.25) is 14.4 Å². The fraction of sp³-hybridized carbons (Fsp3) is 0.0270. The summed E-state index contributed by atoms with van der Waals surface area (Å²) in [7, 11) is 0. The van der Waals surface area contributed by atoms with Crippen LogP contribution in [0.25, 0.3) is 17.3 Å². The van der Waals surface area contributed by atoms with Gasteiger partial charge in [0.05, 0.1) is 12.0 Å². The largest absolute Gasteiger partial charge is 0.465 e. The number of aromatic nitrogens is 1. The Hall–Kier alpha value is -5.71. The first-order valence-corrected chi connectivity index (χ1v) is 16.3. The van der Waals surface area contributed by atoms with E-state index in [1.807, 2.05) is 72.1 Å². The van der Waals surface area contributed by atoms with Gasteiger partial charge < -0.3 is 20.4 Å². The molecule has 3 amide bonds. The summed E-state index contributed by atoms with van der Waals surface area (Å²) in [5, 5.41) is 10.4. The van der Waals surface area contributed by atoms with E-state index in [1.54, 1.807) is 60.7 Å². The van der Waals surface area contributed by atoms with Crippen LogP contribution in [0.15, 0.2) is 154 Å². The normalized spacial score (nSPS) is 11.8. The van der Waals surface area contributed by atoms with Crippen molar-refractivity contribution >= 4 is 57.7 Å². The lowest BCUT2D eigenvalue weighted by Gasteiger charge is -2.17. The molecule has 6 aromatic rings. The number of furan rings is 1. The van der Waals surface area contributed by atoms with Gasteiger partial charge in [-0.15, -0.1) is 23.1 Å². The van der Waals surface area contributed by atoms with Crippen LogP contribution in [0.5, 0.6) is 0 Å². The van der Waals surface area contributed by atoms with E-state index in [0.717, 1.165) is 21.7 Å². The molecule has 0 saturated heterocycles. The van der Waals surface area contributed by atoms with Crippen molar-refractivity contribution in [1.29, 1.82) is 0 Å². The number of thiazole rings is 1. The van der Waals surface area contributed by atoms with Crippen molar-refractivity contribution < 1.29 is 18.8 Å². The summed E-state index contributed by atoms with van der Waals surface area (Å²) in [6.07, 6.45) is 2.95. The SMILES string of the molecule is O=C(Nc1cccc(SC(C(=O)Nc2nc(-c3ccccc3)cs2)c2ccccc2)c1)/C(=C/c1ccco1)NC(=O)c1ccccc1. The van der Waals surface area contributed by atoms with E-state index in [0.29, 0.717) is 22.1 Å². The quantitative estimate of drug-likeness (QED) is 0.0956. The maximum atomic E-state index is 13.7. The second-order valence-electron chi connectivity index (χ2n) is 10.2. The first-order valence-electron chi connectivity index (χ1n) is 14.6. The molecule has 0 spiro atoms. The van der Waals surface area contributed by atoms with E-state index in [9.17, 15) is 14.4 Å². The van der Waals surface area contributed by atoms with Gasteiger partial charge in [-0.1, -0.05) is 84.9 Å². The highest BCUT2D eigenvalue weighted by molar-refractivity contribution is 8.00. The molecule has 2 heterocycles. The summed E-state index contributed by atoms with van der Waals surface area (Å²) in [4.78, 5) is 45.4. The van der Waals surface area contributed by atoms with Gasteiger partial charge in [0.25, 0.3) is 11.8 Å². The fourth-order valence-corrected chi connectivity index (χ4v) is 6.39. The minimum Gasteiger partial charge on any atom is -0.465 e. The third-order valence-corrected chi connectivity index (χ3v) is 8.85. The standard InChI is InChI=1S/C37H28N4O4S2/c42-34(27-16-8-3-9-17-27)39-31(23-29-19-11-21-45-29)35(43)38-28-18-10-20-30(22-28)47-33(26-14-6-2-7-15-26)36(44)41-37-40-32(24-46-37)25-12-4-1-5-13-25/h1-24,33H,(H,38,43)(H,39,42)(H,40,41,44)/b31-23-. The maximum absolute atomic E-state index is 13.7. The summed E-state index contributed by atoms with van der Waals surface area (Å²) < 4.78 is 5.39. The van der Waals surface area contributed by atoms with E-state index in [2.05, 4.69) is 20.9 Å². The Balaban J connectivity index is 1.19. The molecular formula is C37H28N4O4S2. The average molecular weight is 657 g/mol. The summed E-state index contributed by atoms with van der Waals surface area (Å²) in [6.45, 7) is 0. The zero-order chi connectivity index (χ0) is 32.4. The lowest BCUT2D eigenvalue weighted by atomic mass is 10.1. The number of hydrogen-bond donors (Lipinski definition) is 3. The van der Waals surface area contributed by atoms with Crippen LogP contribution in [0.2, 0.25) is 0 Å². The van der Waals surface area contributed by atoms with Crippen molar-refractivity contribution in [3.63, 3.8) is 0 Å². The zero-order valence-corrected chi connectivity index (χ0v) is 26.5. The highest BCUT2D eigenvalue weighted by atomic mass is 32.2. The van der Waals surface area contributed by atoms with Crippen LogP contribution in [0.3, 0.4) is 0 Å². The van der Waals surface area contributed by atoms with Crippen LogP contribution in [0, 0.1) is 0 Å². The lowest BCUT2D eigenvalue weighted by molar-refractivity contribution is -0.116. The van der Waals surface area contributed by atoms with Gasteiger partial charge in [-0.05, 0) is 48.0 Å². The highest BCUT2D eigenvalue weighted by Gasteiger charge is 2.24. The molecule has 232 valence electrons. The summed E-state index contributed by atoms with van der Waals surface area (Å²) in [5.41, 5.74) is 3.48. The molecule has 0 aliphatic carbocycles. The molecule has 0 aliphatic rings. The summed E-state index contributed by atoms with van der Waals surface area (Å²) in [5.74, 6) is -0.795. The van der Waals surface area contributed by atoms with Crippen molar-refractivity contribution in [2.45, 2.75) is 10.1 Å². The fourth-order valence-electron chi connectivity index (χ4n) is 4.58. The number of amides is 3. The van der Waals surface area contributed by atoms with Gasteiger partial charge in [0.2, 0.25) is 5.91 Å². The molecule has 10 heteroatoms. The monoisotopic (exact) mass is 656 g/mol. The third kappa shape index (κ3) is 8.31. The molecule has 1 unspecified atom stereocenters. The summed E-state index contributed by atoms with van der Waals surface area (Å²) in [6, 6.07) is 38.5. The van der Waals surface area contributed by atoms with Crippen LogP contribution in [-0.4, -0.2) is 22.7 Å². The Labute approximate surface area is 279 Å². The van der Waals surface area contributed by atoms with E-state index < -0.39 is 17.1 Å². The number of thioether (sulfide) groups is 1. The average Bonchev–Trinajstić information content (AvgIpc) is 3.81. The first kappa shape index (κ1) is 31.3. The first-order chi connectivity index (χ1) is 23.0. The Kier molecular flexibility index (Phi) is 10.0. The van der Waals surface area contributed by atoms with Crippen LogP contribution >= 0.6 is 23.1 Å². The molecule has 0 bridgehead atoms. The highest BCUT2D eigenvalue weighted by Crippen LogP contribution is 2.38. The van der Waals surface area contributed by atoms with E-state index in [1.165, 1.54) is 35.4 Å². The summed E-state index contributed by atoms with van der Waals surface area (Å²) >= 11 is 2.71. The van der Waals surface area contributed by atoms with Gasteiger partial charge in [0.15, 0.2) is 5.13 Å². The second kappa shape index (κ2) is 15.0. The maximum Gasteiger partial charge on any atom is 0.272 e. The van der Waals surface area contributed by atoms with E-state index in [-0.39, 0.29) is 11.6 Å². The number of benzene rings is 4. The number of nitrogens with zero attached hydrogens (tertiary/aromatic N) is 1. The molecule has 0 aliphatic heterocycles. The van der Waals surface area contributed by atoms with Crippen molar-refractivity contribution in [3.05, 3.63) is 162 Å². The number of nitrogens with one attached hydrogen (secondary N) is 3. The molecule has 0 saturated carbocycles. The van der Waals surface area contributed by atoms with Crippen LogP contribution in [0.4, 0.5) is 10.8 Å². The second-order valence-corrected chi connectivity index (χ2v) is 12.2. The number of carbonyl (C=O) groups is 3. The van der Waals surface area contributed by atoms with Crippen molar-refractivity contribution in [2.24, 2.45) is 0 Å². The van der Waals surface area contributed by atoms with E-state index in [4.69, 9.17) is 4.42 Å². The minimum absolute atomic E-state index is 0.00622. The predicted molar refractivity (Wildman–Crippen MR) is 187 cm³/mol. The molecule has 1 atom stereocenters. The van der Waals surface area contributed by atoms with Crippen LogP contribution in [0.1, 0.15) is 26.9 Å². The molecule has 47 heavy (non-hydrogen) atoms. The van der Waals surface area contributed by atoms with Gasteiger partial charge in [0, 0.05) is 33.2 Å². The van der Waals surface area contributed by atoms with Crippen LogP contribution in [-0.2, 0) is 9.59 Å². The Morgan fingerprint density at radius 3 is 2.23 bits per heavy atom. The van der Waals surface area contributed by atoms with Crippen molar-refractivity contribution in [1.82, 2.24) is 10.3 Å². The number of hydrogen-bond acceptors (Lipinski definition) is 7. The molecular weight excluding hydrogens is 629 g/mol. The molecule has 0 fully saturated rings. The Bertz CT molecular complexity index is 1990. The Morgan fingerprint density at radius 1 is 0.787 bits per heavy atom. The van der Waals surface area contributed by atoms with Crippen molar-refractivity contribution in [2.75, 3.05) is 10.6 Å². The number of anilines is 2. The number of carbonyl (C=O) groups excluding carboxylic acids is 3. The molecule has 0 radical (unpaired) electrons. The Morgan fingerprint density at radius 2 is 1.51 bits per heavy atom.